The second-order valence-corrected chi connectivity index (χ2v) is 4.67. The lowest BCUT2D eigenvalue weighted by molar-refractivity contribution is 0.0593. The summed E-state index contributed by atoms with van der Waals surface area (Å²) < 4.78 is 10.2. The third-order valence-corrected chi connectivity index (χ3v) is 3.37. The van der Waals surface area contributed by atoms with Gasteiger partial charge in [-0.3, -0.25) is 0 Å². The van der Waals surface area contributed by atoms with Crippen LogP contribution in [0.25, 0.3) is 0 Å². The zero-order valence-electron chi connectivity index (χ0n) is 11.3. The van der Waals surface area contributed by atoms with Gasteiger partial charge in [-0.25, -0.2) is 14.8 Å². The third kappa shape index (κ3) is 3.64. The van der Waals surface area contributed by atoms with Crippen LogP contribution in [0.5, 0.6) is 5.88 Å². The molecule has 0 bridgehead atoms. The minimum atomic E-state index is -0.494. The molecule has 0 aromatic carbocycles. The van der Waals surface area contributed by atoms with Gasteiger partial charge in [-0.1, -0.05) is 6.42 Å². The van der Waals surface area contributed by atoms with Crippen LogP contribution in [0, 0.1) is 0 Å². The van der Waals surface area contributed by atoms with E-state index in [2.05, 4.69) is 26.7 Å². The first-order chi connectivity index (χ1) is 9.20. The molecule has 0 N–H and O–H groups in total. The number of carbonyl (C=O) groups is 1. The molecule has 0 aliphatic carbocycles. The van der Waals surface area contributed by atoms with Crippen molar-refractivity contribution >= 4 is 5.97 Å². The Bertz CT molecular complexity index is 422. The standard InChI is InChI=1S/C13H19N3O3/c1-16-6-4-3-5-10(16)9-19-12-8-14-11(7-15-12)13(17)18-2/h7-8,10H,3-6,9H2,1-2H3. The predicted octanol–water partition coefficient (Wildman–Crippen LogP) is 1.13. The number of hydrogen-bond acceptors (Lipinski definition) is 6. The number of hydrogen-bond donors (Lipinski definition) is 0. The molecule has 0 radical (unpaired) electrons. The molecular weight excluding hydrogens is 246 g/mol. The van der Waals surface area contributed by atoms with Crippen molar-refractivity contribution in [3.05, 3.63) is 18.1 Å². The van der Waals surface area contributed by atoms with E-state index >= 15 is 0 Å². The molecule has 1 aromatic heterocycles. The van der Waals surface area contributed by atoms with E-state index in [0.717, 1.165) is 13.0 Å². The Morgan fingerprint density at radius 1 is 1.42 bits per heavy atom. The quantitative estimate of drug-likeness (QED) is 0.760. The van der Waals surface area contributed by atoms with Gasteiger partial charge in [-0.2, -0.15) is 0 Å². The van der Waals surface area contributed by atoms with Crippen molar-refractivity contribution in [3.63, 3.8) is 0 Å². The van der Waals surface area contributed by atoms with Crippen LogP contribution >= 0.6 is 0 Å². The second kappa shape index (κ2) is 6.47. The van der Waals surface area contributed by atoms with Gasteiger partial charge >= 0.3 is 5.97 Å². The number of piperidine rings is 1. The molecule has 0 saturated carbocycles. The minimum Gasteiger partial charge on any atom is -0.475 e. The van der Waals surface area contributed by atoms with E-state index in [-0.39, 0.29) is 5.69 Å². The van der Waals surface area contributed by atoms with E-state index in [0.29, 0.717) is 18.5 Å². The maximum atomic E-state index is 11.2. The van der Waals surface area contributed by atoms with Crippen molar-refractivity contribution in [3.8, 4) is 5.88 Å². The summed E-state index contributed by atoms with van der Waals surface area (Å²) in [5.74, 6) is -0.0577. The van der Waals surface area contributed by atoms with Crippen molar-refractivity contribution in [2.45, 2.75) is 25.3 Å². The molecule has 0 spiro atoms. The van der Waals surface area contributed by atoms with Crippen LogP contribution in [0.3, 0.4) is 0 Å². The normalized spacial score (nSPS) is 20.0. The smallest absolute Gasteiger partial charge is 0.358 e. The largest absolute Gasteiger partial charge is 0.475 e. The highest BCUT2D eigenvalue weighted by molar-refractivity contribution is 5.86. The molecule has 104 valence electrons. The predicted molar refractivity (Wildman–Crippen MR) is 69.1 cm³/mol. The van der Waals surface area contributed by atoms with Crippen molar-refractivity contribution < 1.29 is 14.3 Å². The van der Waals surface area contributed by atoms with Gasteiger partial charge in [0.05, 0.1) is 19.5 Å². The molecule has 2 rings (SSSR count). The highest BCUT2D eigenvalue weighted by Gasteiger charge is 2.19. The maximum Gasteiger partial charge on any atom is 0.358 e. The van der Waals surface area contributed by atoms with Crippen LogP contribution in [0.4, 0.5) is 0 Å². The first-order valence-electron chi connectivity index (χ1n) is 6.44. The zero-order chi connectivity index (χ0) is 13.7. The van der Waals surface area contributed by atoms with Crippen LogP contribution in [0.15, 0.2) is 12.4 Å². The number of esters is 1. The monoisotopic (exact) mass is 265 g/mol. The van der Waals surface area contributed by atoms with Gasteiger partial charge in [0.1, 0.15) is 6.61 Å². The Hall–Kier alpha value is -1.69. The third-order valence-electron chi connectivity index (χ3n) is 3.37. The number of nitrogens with zero attached hydrogens (tertiary/aromatic N) is 3. The van der Waals surface area contributed by atoms with Crippen LogP contribution in [-0.4, -0.2) is 54.2 Å². The molecule has 1 saturated heterocycles. The SMILES string of the molecule is COC(=O)c1cnc(OCC2CCCCN2C)cn1. The van der Waals surface area contributed by atoms with Gasteiger partial charge in [0.25, 0.3) is 0 Å². The number of carbonyl (C=O) groups excluding carboxylic acids is 1. The lowest BCUT2D eigenvalue weighted by atomic mass is 10.0. The topological polar surface area (TPSA) is 64.6 Å². The fraction of sp³-hybridized carbons (Fsp3) is 0.615. The number of aromatic nitrogens is 2. The number of methoxy groups -OCH3 is 1. The van der Waals surface area contributed by atoms with Crippen LogP contribution < -0.4 is 4.74 Å². The molecule has 6 heteroatoms. The molecule has 1 aliphatic heterocycles. The zero-order valence-corrected chi connectivity index (χ0v) is 11.3. The first kappa shape index (κ1) is 13.7. The summed E-state index contributed by atoms with van der Waals surface area (Å²) in [6, 6.07) is 0.427. The Morgan fingerprint density at radius 3 is 2.89 bits per heavy atom. The summed E-state index contributed by atoms with van der Waals surface area (Å²) in [6.07, 6.45) is 6.46. The molecule has 2 heterocycles. The van der Waals surface area contributed by atoms with Crippen molar-refractivity contribution in [2.75, 3.05) is 27.3 Å². The summed E-state index contributed by atoms with van der Waals surface area (Å²) in [5.41, 5.74) is 0.185. The van der Waals surface area contributed by atoms with Gasteiger partial charge in [-0.05, 0) is 26.4 Å². The van der Waals surface area contributed by atoms with E-state index in [1.54, 1.807) is 0 Å². The number of rotatable bonds is 4. The summed E-state index contributed by atoms with van der Waals surface area (Å²) in [6.45, 7) is 1.71. The number of likely N-dealkylation sites (N-methyl/N-ethyl adjacent to an activating group) is 1. The van der Waals surface area contributed by atoms with E-state index < -0.39 is 5.97 Å². The van der Waals surface area contributed by atoms with E-state index in [1.807, 2.05) is 0 Å². The van der Waals surface area contributed by atoms with Crippen molar-refractivity contribution in [1.82, 2.24) is 14.9 Å². The molecule has 1 aliphatic rings. The Balaban J connectivity index is 1.87. The van der Waals surface area contributed by atoms with E-state index in [1.165, 1.54) is 32.3 Å². The second-order valence-electron chi connectivity index (χ2n) is 4.67. The highest BCUT2D eigenvalue weighted by atomic mass is 16.5. The lowest BCUT2D eigenvalue weighted by Crippen LogP contribution is -2.40. The molecule has 1 atom stereocenters. The summed E-state index contributed by atoms with van der Waals surface area (Å²) in [7, 11) is 3.42. The molecular formula is C13H19N3O3. The van der Waals surface area contributed by atoms with Crippen LogP contribution in [0.1, 0.15) is 29.8 Å². The fourth-order valence-corrected chi connectivity index (χ4v) is 2.14. The summed E-state index contributed by atoms with van der Waals surface area (Å²) in [4.78, 5) is 21.5. The number of likely N-dealkylation sites (tertiary alicyclic amines) is 1. The molecule has 1 fully saturated rings. The van der Waals surface area contributed by atoms with Crippen LogP contribution in [0.2, 0.25) is 0 Å². The molecule has 6 nitrogen and oxygen atoms in total. The maximum absolute atomic E-state index is 11.2. The van der Waals surface area contributed by atoms with Gasteiger partial charge < -0.3 is 14.4 Å². The lowest BCUT2D eigenvalue weighted by Gasteiger charge is -2.31. The van der Waals surface area contributed by atoms with Gasteiger partial charge in [-0.15, -0.1) is 0 Å². The average Bonchev–Trinajstić information content (AvgIpc) is 2.46. The highest BCUT2D eigenvalue weighted by Crippen LogP contribution is 2.16. The summed E-state index contributed by atoms with van der Waals surface area (Å²) in [5, 5.41) is 0. The van der Waals surface area contributed by atoms with Gasteiger partial charge in [0.15, 0.2) is 5.69 Å². The first-order valence-corrected chi connectivity index (χ1v) is 6.44. The van der Waals surface area contributed by atoms with Gasteiger partial charge in [0.2, 0.25) is 5.88 Å². The Morgan fingerprint density at radius 2 is 2.26 bits per heavy atom. The minimum absolute atomic E-state index is 0.185. The van der Waals surface area contributed by atoms with Crippen molar-refractivity contribution in [1.29, 1.82) is 0 Å². The molecule has 19 heavy (non-hydrogen) atoms. The van der Waals surface area contributed by atoms with Crippen LogP contribution in [-0.2, 0) is 4.74 Å². The molecule has 0 amide bonds. The Labute approximate surface area is 112 Å². The van der Waals surface area contributed by atoms with E-state index in [9.17, 15) is 4.79 Å². The fourth-order valence-electron chi connectivity index (χ4n) is 2.14. The number of ether oxygens (including phenoxy) is 2. The Kier molecular flexibility index (Phi) is 4.68. The van der Waals surface area contributed by atoms with Crippen molar-refractivity contribution in [2.24, 2.45) is 0 Å². The average molecular weight is 265 g/mol. The summed E-state index contributed by atoms with van der Waals surface area (Å²) >= 11 is 0. The molecule has 1 aromatic rings. The van der Waals surface area contributed by atoms with Gasteiger partial charge in [0, 0.05) is 6.04 Å². The molecule has 1 unspecified atom stereocenters. The van der Waals surface area contributed by atoms with E-state index in [4.69, 9.17) is 4.74 Å².